The van der Waals surface area contributed by atoms with Crippen LogP contribution in [0.5, 0.6) is 0 Å². The molecule has 0 spiro atoms. The van der Waals surface area contributed by atoms with Crippen LogP contribution in [0.4, 0.5) is 0 Å². The van der Waals surface area contributed by atoms with Gasteiger partial charge in [-0.3, -0.25) is 4.79 Å². The number of likely N-dealkylation sites (N-methyl/N-ethyl adjacent to an activating group) is 1. The molecule has 1 aromatic rings. The zero-order valence-corrected chi connectivity index (χ0v) is 9.23. The Bertz CT molecular complexity index is 527. The third-order valence-corrected chi connectivity index (χ3v) is 3.53. The molecule has 2 heteroatoms. The van der Waals surface area contributed by atoms with Gasteiger partial charge in [0, 0.05) is 12.7 Å². The lowest BCUT2D eigenvalue weighted by Crippen LogP contribution is -2.23. The van der Waals surface area contributed by atoms with Gasteiger partial charge in [-0.15, -0.1) is 0 Å². The number of rotatable bonds is 0. The number of likely N-dealkylation sites (tertiary alicyclic amines) is 1. The molecule has 0 bridgehead atoms. The van der Waals surface area contributed by atoms with Crippen LogP contribution in [-0.4, -0.2) is 17.9 Å². The maximum absolute atomic E-state index is 12.0. The van der Waals surface area contributed by atoms with Crippen molar-refractivity contribution < 1.29 is 4.79 Å². The molecule has 1 aliphatic heterocycles. The Morgan fingerprint density at radius 3 is 2.94 bits per heavy atom. The van der Waals surface area contributed by atoms with Gasteiger partial charge < -0.3 is 4.90 Å². The van der Waals surface area contributed by atoms with Gasteiger partial charge in [-0.2, -0.15) is 0 Å². The topological polar surface area (TPSA) is 20.3 Å². The van der Waals surface area contributed by atoms with Gasteiger partial charge in [0.15, 0.2) is 0 Å². The van der Waals surface area contributed by atoms with Crippen LogP contribution in [-0.2, 0) is 11.2 Å². The molecule has 1 unspecified atom stereocenters. The van der Waals surface area contributed by atoms with Crippen molar-refractivity contribution in [1.82, 2.24) is 4.90 Å². The fraction of sp³-hybridized carbons (Fsp3) is 0.214. The normalized spacial score (nSPS) is 22.9. The summed E-state index contributed by atoms with van der Waals surface area (Å²) >= 11 is 0. The highest BCUT2D eigenvalue weighted by atomic mass is 16.2. The summed E-state index contributed by atoms with van der Waals surface area (Å²) in [6.07, 6.45) is 2.91. The molecule has 0 radical (unpaired) electrons. The second-order valence-corrected chi connectivity index (χ2v) is 4.40. The first kappa shape index (κ1) is 9.40. The van der Waals surface area contributed by atoms with E-state index in [-0.39, 0.29) is 11.8 Å². The molecule has 1 atom stereocenters. The number of benzene rings is 1. The Morgan fingerprint density at radius 1 is 1.38 bits per heavy atom. The van der Waals surface area contributed by atoms with Crippen LogP contribution in [0.1, 0.15) is 11.1 Å². The van der Waals surface area contributed by atoms with E-state index >= 15 is 0 Å². The Morgan fingerprint density at radius 2 is 2.12 bits per heavy atom. The summed E-state index contributed by atoms with van der Waals surface area (Å²) in [6, 6.07) is 8.24. The first-order valence-corrected chi connectivity index (χ1v) is 5.45. The molecular weight excluding hydrogens is 198 g/mol. The van der Waals surface area contributed by atoms with Crippen LogP contribution in [0.15, 0.2) is 42.1 Å². The monoisotopic (exact) mass is 211 g/mol. The molecule has 1 saturated heterocycles. The summed E-state index contributed by atoms with van der Waals surface area (Å²) in [6.45, 7) is 3.98. The Kier molecular flexibility index (Phi) is 1.81. The first-order valence-electron chi connectivity index (χ1n) is 5.45. The third-order valence-electron chi connectivity index (χ3n) is 3.53. The van der Waals surface area contributed by atoms with Gasteiger partial charge in [-0.25, -0.2) is 0 Å². The predicted octanol–water partition coefficient (Wildman–Crippen LogP) is 2.23. The van der Waals surface area contributed by atoms with E-state index < -0.39 is 0 Å². The van der Waals surface area contributed by atoms with E-state index in [1.807, 2.05) is 12.1 Å². The van der Waals surface area contributed by atoms with Gasteiger partial charge in [-0.05, 0) is 29.2 Å². The van der Waals surface area contributed by atoms with Gasteiger partial charge in [0.2, 0.25) is 5.91 Å². The van der Waals surface area contributed by atoms with Crippen molar-refractivity contribution in [3.8, 4) is 0 Å². The molecule has 16 heavy (non-hydrogen) atoms. The van der Waals surface area contributed by atoms with Gasteiger partial charge in [0.1, 0.15) is 0 Å². The van der Waals surface area contributed by atoms with Crippen molar-refractivity contribution in [2.24, 2.45) is 5.92 Å². The van der Waals surface area contributed by atoms with E-state index in [0.717, 1.165) is 17.7 Å². The average molecular weight is 211 g/mol. The van der Waals surface area contributed by atoms with E-state index in [0.29, 0.717) is 0 Å². The van der Waals surface area contributed by atoms with Gasteiger partial charge in [0.25, 0.3) is 0 Å². The smallest absolute Gasteiger partial charge is 0.234 e. The minimum absolute atomic E-state index is 0.00704. The molecule has 2 nitrogen and oxygen atoms in total. The molecule has 0 saturated carbocycles. The Balaban J connectivity index is 2.15. The SMILES string of the molecule is C=C1C2=Cc3ccccc3CC2C(=O)N1C. The summed E-state index contributed by atoms with van der Waals surface area (Å²) < 4.78 is 0. The van der Waals surface area contributed by atoms with Crippen LogP contribution in [0, 0.1) is 5.92 Å². The maximum atomic E-state index is 12.0. The fourth-order valence-corrected chi connectivity index (χ4v) is 2.52. The number of carbonyl (C=O) groups is 1. The Labute approximate surface area is 94.9 Å². The molecule has 1 fully saturated rings. The summed E-state index contributed by atoms with van der Waals surface area (Å²) in [5, 5.41) is 0. The summed E-state index contributed by atoms with van der Waals surface area (Å²) in [7, 11) is 1.80. The van der Waals surface area contributed by atoms with Crippen LogP contribution in [0.2, 0.25) is 0 Å². The van der Waals surface area contributed by atoms with Gasteiger partial charge >= 0.3 is 0 Å². The number of allylic oxidation sites excluding steroid dienone is 1. The van der Waals surface area contributed by atoms with Crippen molar-refractivity contribution >= 4 is 12.0 Å². The van der Waals surface area contributed by atoms with Crippen LogP contribution in [0.3, 0.4) is 0 Å². The number of nitrogens with zero attached hydrogens (tertiary/aromatic N) is 1. The van der Waals surface area contributed by atoms with E-state index in [1.54, 1.807) is 11.9 Å². The largest absolute Gasteiger partial charge is 0.315 e. The van der Waals surface area contributed by atoms with Crippen molar-refractivity contribution in [3.63, 3.8) is 0 Å². The van der Waals surface area contributed by atoms with Crippen LogP contribution in [0.25, 0.3) is 6.08 Å². The number of amides is 1. The highest BCUT2D eigenvalue weighted by Gasteiger charge is 2.38. The van der Waals surface area contributed by atoms with Crippen LogP contribution >= 0.6 is 0 Å². The predicted molar refractivity (Wildman–Crippen MR) is 63.5 cm³/mol. The second kappa shape index (κ2) is 3.08. The van der Waals surface area contributed by atoms with E-state index in [1.165, 1.54) is 11.1 Å². The zero-order valence-electron chi connectivity index (χ0n) is 9.23. The number of fused-ring (bicyclic) bond motifs is 2. The van der Waals surface area contributed by atoms with Crippen molar-refractivity contribution in [1.29, 1.82) is 0 Å². The number of hydrogen-bond donors (Lipinski definition) is 0. The summed E-state index contributed by atoms with van der Waals surface area (Å²) in [5.74, 6) is 0.165. The van der Waals surface area contributed by atoms with Gasteiger partial charge in [0.05, 0.1) is 5.92 Å². The lowest BCUT2D eigenvalue weighted by Gasteiger charge is -2.17. The average Bonchev–Trinajstić information content (AvgIpc) is 2.52. The number of hydrogen-bond acceptors (Lipinski definition) is 1. The molecule has 1 heterocycles. The lowest BCUT2D eigenvalue weighted by atomic mass is 9.84. The lowest BCUT2D eigenvalue weighted by molar-refractivity contribution is -0.128. The minimum atomic E-state index is -0.00704. The van der Waals surface area contributed by atoms with Gasteiger partial charge in [-0.1, -0.05) is 30.8 Å². The molecule has 1 amide bonds. The zero-order chi connectivity index (χ0) is 11.3. The highest BCUT2D eigenvalue weighted by molar-refractivity contribution is 5.93. The molecule has 1 aromatic carbocycles. The standard InChI is InChI=1S/C14H13NO/c1-9-12-7-10-5-3-4-6-11(10)8-13(12)14(16)15(9)2/h3-7,13H,1,8H2,2H3. The molecule has 2 aliphatic rings. The first-order chi connectivity index (χ1) is 7.68. The minimum Gasteiger partial charge on any atom is -0.315 e. The summed E-state index contributed by atoms with van der Waals surface area (Å²) in [4.78, 5) is 13.7. The van der Waals surface area contributed by atoms with E-state index in [9.17, 15) is 4.79 Å². The summed E-state index contributed by atoms with van der Waals surface area (Å²) in [5.41, 5.74) is 4.42. The number of carbonyl (C=O) groups excluding carboxylic acids is 1. The highest BCUT2D eigenvalue weighted by Crippen LogP contribution is 2.39. The third kappa shape index (κ3) is 1.10. The maximum Gasteiger partial charge on any atom is 0.234 e. The van der Waals surface area contributed by atoms with Crippen LogP contribution < -0.4 is 0 Å². The fourth-order valence-electron chi connectivity index (χ4n) is 2.52. The van der Waals surface area contributed by atoms with Crippen molar-refractivity contribution in [2.45, 2.75) is 6.42 Å². The molecule has 3 rings (SSSR count). The van der Waals surface area contributed by atoms with Crippen molar-refractivity contribution in [3.05, 3.63) is 53.2 Å². The second-order valence-electron chi connectivity index (χ2n) is 4.40. The molecule has 0 N–H and O–H groups in total. The van der Waals surface area contributed by atoms with E-state index in [2.05, 4.69) is 24.8 Å². The molecule has 80 valence electrons. The Hall–Kier alpha value is -1.83. The van der Waals surface area contributed by atoms with E-state index in [4.69, 9.17) is 0 Å². The molecule has 1 aliphatic carbocycles. The van der Waals surface area contributed by atoms with Crippen molar-refractivity contribution in [2.75, 3.05) is 7.05 Å². The molecule has 0 aromatic heterocycles. The quantitative estimate of drug-likeness (QED) is 0.644. The molecular formula is C14H13NO.